The molecule has 0 unspecified atom stereocenters. The molecule has 0 radical (unpaired) electrons. The van der Waals surface area contributed by atoms with Crippen LogP contribution in [0.25, 0.3) is 0 Å². The molecule has 0 bridgehead atoms. The van der Waals surface area contributed by atoms with Gasteiger partial charge in [-0.15, -0.1) is 0 Å². The first kappa shape index (κ1) is 15.6. The Balaban J connectivity index is 2.02. The number of ether oxygens (including phenoxy) is 1. The Bertz CT molecular complexity index is 622. The Morgan fingerprint density at radius 1 is 1.33 bits per heavy atom. The van der Waals surface area contributed by atoms with Crippen LogP contribution in [0.3, 0.4) is 0 Å². The van der Waals surface area contributed by atoms with Gasteiger partial charge in [0.25, 0.3) is 0 Å². The smallest absolute Gasteiger partial charge is 0.338 e. The lowest BCUT2D eigenvalue weighted by molar-refractivity contribution is 0.0526. The van der Waals surface area contributed by atoms with Crippen molar-refractivity contribution in [2.45, 2.75) is 26.9 Å². The van der Waals surface area contributed by atoms with Crippen LogP contribution < -0.4 is 5.32 Å². The molecular formula is C16H19BrN2O2. The summed E-state index contributed by atoms with van der Waals surface area (Å²) in [7, 11) is 0. The van der Waals surface area contributed by atoms with Gasteiger partial charge in [0.05, 0.1) is 12.2 Å². The number of benzene rings is 1. The molecule has 1 aromatic carbocycles. The highest BCUT2D eigenvalue weighted by Gasteiger charge is 2.09. The molecule has 0 saturated heterocycles. The molecule has 1 aromatic heterocycles. The minimum Gasteiger partial charge on any atom is -0.462 e. The van der Waals surface area contributed by atoms with E-state index in [0.29, 0.717) is 12.2 Å². The first-order valence-corrected chi connectivity index (χ1v) is 7.78. The normalized spacial score (nSPS) is 10.4. The quantitative estimate of drug-likeness (QED) is 0.799. The highest BCUT2D eigenvalue weighted by molar-refractivity contribution is 9.10. The van der Waals surface area contributed by atoms with Crippen LogP contribution in [-0.2, 0) is 17.8 Å². The van der Waals surface area contributed by atoms with E-state index in [1.807, 2.05) is 6.07 Å². The van der Waals surface area contributed by atoms with Crippen LogP contribution in [0.5, 0.6) is 0 Å². The Labute approximate surface area is 133 Å². The van der Waals surface area contributed by atoms with Crippen LogP contribution in [-0.4, -0.2) is 17.1 Å². The number of aromatic nitrogens is 1. The summed E-state index contributed by atoms with van der Waals surface area (Å²) in [6.07, 6.45) is 4.18. The standard InChI is InChI=1S/C16H19BrN2O2/c1-3-19-8-7-12(11-19)10-18-15-6-5-13(9-14(15)17)16(20)21-4-2/h5-9,11,18H,3-4,10H2,1-2H3. The molecule has 0 aliphatic rings. The zero-order valence-corrected chi connectivity index (χ0v) is 13.8. The molecule has 0 aliphatic heterocycles. The Morgan fingerprint density at radius 2 is 2.14 bits per heavy atom. The van der Waals surface area contributed by atoms with Crippen LogP contribution in [0.4, 0.5) is 5.69 Å². The van der Waals surface area contributed by atoms with E-state index in [-0.39, 0.29) is 5.97 Å². The van der Waals surface area contributed by atoms with E-state index in [2.05, 4.69) is 51.2 Å². The van der Waals surface area contributed by atoms with Crippen molar-refractivity contribution in [2.24, 2.45) is 0 Å². The Kier molecular flexibility index (Phi) is 5.44. The van der Waals surface area contributed by atoms with Gasteiger partial charge in [0.1, 0.15) is 0 Å². The average molecular weight is 351 g/mol. The summed E-state index contributed by atoms with van der Waals surface area (Å²) in [5, 5.41) is 3.35. The molecule has 0 saturated carbocycles. The van der Waals surface area contributed by atoms with Gasteiger partial charge >= 0.3 is 5.97 Å². The van der Waals surface area contributed by atoms with Gasteiger partial charge in [0, 0.05) is 35.6 Å². The molecule has 0 aliphatic carbocycles. The van der Waals surface area contributed by atoms with E-state index in [1.54, 1.807) is 19.1 Å². The molecule has 0 atom stereocenters. The number of anilines is 1. The Hall–Kier alpha value is -1.75. The molecule has 0 fully saturated rings. The molecule has 112 valence electrons. The van der Waals surface area contributed by atoms with Crippen molar-refractivity contribution >= 4 is 27.6 Å². The number of nitrogens with one attached hydrogen (secondary N) is 1. The number of halogens is 1. The lowest BCUT2D eigenvalue weighted by Gasteiger charge is -2.09. The van der Waals surface area contributed by atoms with Crippen LogP contribution in [0.2, 0.25) is 0 Å². The van der Waals surface area contributed by atoms with Gasteiger partial charge in [0.2, 0.25) is 0 Å². The van der Waals surface area contributed by atoms with Crippen molar-refractivity contribution in [3.05, 3.63) is 52.3 Å². The minimum absolute atomic E-state index is 0.301. The molecule has 4 nitrogen and oxygen atoms in total. The molecule has 21 heavy (non-hydrogen) atoms. The molecule has 2 aromatic rings. The summed E-state index contributed by atoms with van der Waals surface area (Å²) in [4.78, 5) is 11.7. The third kappa shape index (κ3) is 4.11. The van der Waals surface area contributed by atoms with Gasteiger partial charge in [0.15, 0.2) is 0 Å². The molecule has 2 rings (SSSR count). The fourth-order valence-electron chi connectivity index (χ4n) is 1.99. The molecule has 1 N–H and O–H groups in total. The number of aryl methyl sites for hydroxylation is 1. The van der Waals surface area contributed by atoms with Crippen LogP contribution in [0.15, 0.2) is 41.1 Å². The summed E-state index contributed by atoms with van der Waals surface area (Å²) in [6.45, 7) is 6.00. The maximum absolute atomic E-state index is 11.7. The second-order valence-corrected chi connectivity index (χ2v) is 5.47. The van der Waals surface area contributed by atoms with Gasteiger partial charge in [-0.1, -0.05) is 0 Å². The van der Waals surface area contributed by atoms with E-state index in [0.717, 1.165) is 23.2 Å². The second kappa shape index (κ2) is 7.31. The van der Waals surface area contributed by atoms with Crippen LogP contribution in [0, 0.1) is 0 Å². The Morgan fingerprint density at radius 3 is 2.76 bits per heavy atom. The number of rotatable bonds is 6. The van der Waals surface area contributed by atoms with Gasteiger partial charge in [-0.2, -0.15) is 0 Å². The van der Waals surface area contributed by atoms with Crippen molar-refractivity contribution in [1.82, 2.24) is 4.57 Å². The first-order chi connectivity index (χ1) is 10.1. The summed E-state index contributed by atoms with van der Waals surface area (Å²) >= 11 is 3.48. The van der Waals surface area contributed by atoms with E-state index in [1.165, 1.54) is 5.56 Å². The number of carbonyl (C=O) groups is 1. The third-order valence-corrected chi connectivity index (χ3v) is 3.80. The monoisotopic (exact) mass is 350 g/mol. The maximum atomic E-state index is 11.7. The zero-order chi connectivity index (χ0) is 15.2. The summed E-state index contributed by atoms with van der Waals surface area (Å²) in [6, 6.07) is 7.52. The number of hydrogen-bond acceptors (Lipinski definition) is 3. The van der Waals surface area contributed by atoms with Crippen molar-refractivity contribution < 1.29 is 9.53 Å². The first-order valence-electron chi connectivity index (χ1n) is 6.99. The lowest BCUT2D eigenvalue weighted by Crippen LogP contribution is -2.05. The van der Waals surface area contributed by atoms with E-state index in [4.69, 9.17) is 4.74 Å². The molecule has 0 amide bonds. The average Bonchev–Trinajstić information content (AvgIpc) is 2.94. The molecule has 0 spiro atoms. The second-order valence-electron chi connectivity index (χ2n) is 4.62. The maximum Gasteiger partial charge on any atom is 0.338 e. The lowest BCUT2D eigenvalue weighted by atomic mass is 10.2. The fourth-order valence-corrected chi connectivity index (χ4v) is 2.51. The van der Waals surface area contributed by atoms with Crippen molar-refractivity contribution in [2.75, 3.05) is 11.9 Å². The van der Waals surface area contributed by atoms with Crippen molar-refractivity contribution in [1.29, 1.82) is 0 Å². The topological polar surface area (TPSA) is 43.3 Å². The van der Waals surface area contributed by atoms with Crippen LogP contribution in [0.1, 0.15) is 29.8 Å². The highest BCUT2D eigenvalue weighted by atomic mass is 79.9. The van der Waals surface area contributed by atoms with Gasteiger partial charge < -0.3 is 14.6 Å². The molecular weight excluding hydrogens is 332 g/mol. The number of carbonyl (C=O) groups excluding carboxylic acids is 1. The summed E-state index contributed by atoms with van der Waals surface area (Å²) in [5.41, 5.74) is 2.72. The minimum atomic E-state index is -0.301. The van der Waals surface area contributed by atoms with Gasteiger partial charge in [-0.05, 0) is 59.6 Å². The van der Waals surface area contributed by atoms with Crippen LogP contribution >= 0.6 is 15.9 Å². The SMILES string of the molecule is CCOC(=O)c1ccc(NCc2ccn(CC)c2)c(Br)c1. The summed E-state index contributed by atoms with van der Waals surface area (Å²) < 4.78 is 7.97. The summed E-state index contributed by atoms with van der Waals surface area (Å²) in [5.74, 6) is -0.301. The van der Waals surface area contributed by atoms with E-state index < -0.39 is 0 Å². The van der Waals surface area contributed by atoms with E-state index in [9.17, 15) is 4.79 Å². The van der Waals surface area contributed by atoms with Gasteiger partial charge in [-0.25, -0.2) is 4.79 Å². The highest BCUT2D eigenvalue weighted by Crippen LogP contribution is 2.24. The predicted molar refractivity (Wildman–Crippen MR) is 87.5 cm³/mol. The number of nitrogens with zero attached hydrogens (tertiary/aromatic N) is 1. The van der Waals surface area contributed by atoms with Crippen molar-refractivity contribution in [3.63, 3.8) is 0 Å². The number of hydrogen-bond donors (Lipinski definition) is 1. The largest absolute Gasteiger partial charge is 0.462 e. The number of esters is 1. The molecule has 1 heterocycles. The van der Waals surface area contributed by atoms with Crippen molar-refractivity contribution in [3.8, 4) is 0 Å². The van der Waals surface area contributed by atoms with Gasteiger partial charge in [-0.3, -0.25) is 0 Å². The van der Waals surface area contributed by atoms with E-state index >= 15 is 0 Å². The third-order valence-electron chi connectivity index (χ3n) is 3.14. The molecule has 5 heteroatoms. The zero-order valence-electron chi connectivity index (χ0n) is 12.2. The fraction of sp³-hybridized carbons (Fsp3) is 0.312. The predicted octanol–water partition coefficient (Wildman–Crippen LogP) is 4.06.